The third kappa shape index (κ3) is 8.62. The minimum absolute atomic E-state index is 0.0899. The Labute approximate surface area is 300 Å². The van der Waals surface area contributed by atoms with Crippen molar-refractivity contribution in [1.82, 2.24) is 20.0 Å². The van der Waals surface area contributed by atoms with Crippen molar-refractivity contribution >= 4 is 11.7 Å². The number of allylic oxidation sites excluding steroid dienone is 4. The normalized spacial score (nSPS) is 18.3. The van der Waals surface area contributed by atoms with Gasteiger partial charge in [-0.3, -0.25) is 9.59 Å². The molecule has 0 saturated carbocycles. The molecule has 1 unspecified atom stereocenters. The fourth-order valence-corrected chi connectivity index (χ4v) is 7.06. The molecular formula is C40H41F5N4O3. The van der Waals surface area contributed by atoms with Crippen LogP contribution in [0.4, 0.5) is 22.0 Å². The van der Waals surface area contributed by atoms with E-state index in [1.165, 1.54) is 30.3 Å². The Bertz CT molecular complexity index is 1830. The van der Waals surface area contributed by atoms with Gasteiger partial charge in [0.2, 0.25) is 5.91 Å². The van der Waals surface area contributed by atoms with Crippen LogP contribution in [0.3, 0.4) is 0 Å². The number of likely N-dealkylation sites (tertiary alicyclic amines) is 1. The van der Waals surface area contributed by atoms with E-state index in [1.54, 1.807) is 37.5 Å². The molecule has 3 aromatic carbocycles. The Hall–Kier alpha value is -4.81. The molecule has 0 radical (unpaired) electrons. The van der Waals surface area contributed by atoms with Crippen LogP contribution in [0.15, 0.2) is 102 Å². The van der Waals surface area contributed by atoms with Gasteiger partial charge in [0.25, 0.3) is 0 Å². The molecular weight excluding hydrogens is 679 g/mol. The number of hydrogen-bond acceptors (Lipinski definition) is 6. The molecule has 274 valence electrons. The predicted molar refractivity (Wildman–Crippen MR) is 187 cm³/mol. The highest BCUT2D eigenvalue weighted by Gasteiger charge is 2.40. The molecule has 12 heteroatoms. The number of carbonyl (C=O) groups excluding carboxylic acids is 2. The zero-order valence-electron chi connectivity index (χ0n) is 28.8. The molecule has 6 rings (SSSR count). The Morgan fingerprint density at radius 3 is 2.31 bits per heavy atom. The standard InChI is InChI=1S/C40H41F5N4O3/c1-52-23-22-47-20-17-32(18-21-47)48-19-3-5-34-36(50)24-33(16-13-30-4-2-6-35(41)38(30)42)49(39(34)48)26-37(51)46-25-27-7-9-28(10-8-27)29-11-14-31(15-12-29)40(43,44)45/h2-12,14-15,19,24,32,39H,13,16-18,20-23,25-26H2,1H3,(H,46,51). The van der Waals surface area contributed by atoms with E-state index in [9.17, 15) is 31.5 Å². The number of nitrogens with one attached hydrogen (secondary N) is 1. The number of piperidine rings is 1. The Balaban J connectivity index is 1.18. The highest BCUT2D eigenvalue weighted by atomic mass is 19.4. The summed E-state index contributed by atoms with van der Waals surface area (Å²) in [4.78, 5) is 33.6. The van der Waals surface area contributed by atoms with Gasteiger partial charge in [0.05, 0.1) is 18.7 Å². The van der Waals surface area contributed by atoms with E-state index in [2.05, 4.69) is 15.1 Å². The molecule has 0 aromatic heterocycles. The van der Waals surface area contributed by atoms with Gasteiger partial charge in [-0.2, -0.15) is 13.2 Å². The zero-order chi connectivity index (χ0) is 36.8. The van der Waals surface area contributed by atoms with Gasteiger partial charge in [-0.15, -0.1) is 0 Å². The minimum Gasteiger partial charge on any atom is -0.383 e. The van der Waals surface area contributed by atoms with Crippen molar-refractivity contribution in [1.29, 1.82) is 0 Å². The number of methoxy groups -OCH3 is 1. The van der Waals surface area contributed by atoms with Gasteiger partial charge in [-0.25, -0.2) is 8.78 Å². The first kappa shape index (κ1) is 37.0. The first-order valence-corrected chi connectivity index (χ1v) is 17.4. The first-order valence-electron chi connectivity index (χ1n) is 17.4. The van der Waals surface area contributed by atoms with Gasteiger partial charge in [0, 0.05) is 62.9 Å². The molecule has 1 atom stereocenters. The van der Waals surface area contributed by atoms with E-state index in [0.29, 0.717) is 23.4 Å². The summed E-state index contributed by atoms with van der Waals surface area (Å²) in [5.41, 5.74) is 2.73. The lowest BCUT2D eigenvalue weighted by molar-refractivity contribution is -0.137. The molecule has 1 amide bonds. The molecule has 0 spiro atoms. The lowest BCUT2D eigenvalue weighted by atomic mass is 9.92. The molecule has 3 aliphatic rings. The average molecular weight is 721 g/mol. The maximum atomic E-state index is 14.6. The van der Waals surface area contributed by atoms with Crippen molar-refractivity contribution in [2.75, 3.05) is 39.9 Å². The zero-order valence-corrected chi connectivity index (χ0v) is 28.8. The molecule has 52 heavy (non-hydrogen) atoms. The number of benzene rings is 3. The number of hydrogen-bond donors (Lipinski definition) is 1. The maximum Gasteiger partial charge on any atom is 0.416 e. The number of ketones is 1. The van der Waals surface area contributed by atoms with E-state index in [0.717, 1.165) is 61.8 Å². The molecule has 1 N–H and O–H groups in total. The summed E-state index contributed by atoms with van der Waals surface area (Å²) in [5.74, 6) is -2.36. The van der Waals surface area contributed by atoms with Crippen LogP contribution in [0.5, 0.6) is 0 Å². The number of alkyl halides is 3. The van der Waals surface area contributed by atoms with Crippen molar-refractivity contribution in [3.8, 4) is 11.1 Å². The maximum absolute atomic E-state index is 14.6. The number of carbonyl (C=O) groups is 2. The van der Waals surface area contributed by atoms with E-state index < -0.39 is 29.5 Å². The van der Waals surface area contributed by atoms with Crippen molar-refractivity contribution in [2.24, 2.45) is 0 Å². The summed E-state index contributed by atoms with van der Waals surface area (Å²) >= 11 is 0. The SMILES string of the molecule is COCCN1CCC(N2C=CC=C3C(=O)C=C(CCc4cccc(F)c4F)N(CC(=O)NCc4ccc(-c5ccc(C(F)(F)F)cc5)cc4)C32)CC1. The lowest BCUT2D eigenvalue weighted by Gasteiger charge is -2.50. The third-order valence-corrected chi connectivity index (χ3v) is 9.92. The molecule has 3 aromatic rings. The number of fused-ring (bicyclic) bond motifs is 1. The van der Waals surface area contributed by atoms with Crippen molar-refractivity contribution in [3.63, 3.8) is 0 Å². The predicted octanol–water partition coefficient (Wildman–Crippen LogP) is 6.86. The minimum atomic E-state index is -4.41. The van der Waals surface area contributed by atoms with Gasteiger partial charge in [-0.05, 0) is 78.3 Å². The highest BCUT2D eigenvalue weighted by Crippen LogP contribution is 2.35. The topological polar surface area (TPSA) is 65.1 Å². The summed E-state index contributed by atoms with van der Waals surface area (Å²) in [6.45, 7) is 3.30. The number of aryl methyl sites for hydroxylation is 1. The van der Waals surface area contributed by atoms with Gasteiger partial charge in [-0.1, -0.05) is 48.5 Å². The number of halogens is 5. The number of ether oxygens (including phenoxy) is 1. The Morgan fingerprint density at radius 1 is 0.942 bits per heavy atom. The average Bonchev–Trinajstić information content (AvgIpc) is 3.15. The van der Waals surface area contributed by atoms with E-state index in [-0.39, 0.29) is 49.2 Å². The van der Waals surface area contributed by atoms with Crippen LogP contribution in [-0.4, -0.2) is 78.5 Å². The lowest BCUT2D eigenvalue weighted by Crippen LogP contribution is -2.58. The van der Waals surface area contributed by atoms with E-state index >= 15 is 0 Å². The van der Waals surface area contributed by atoms with Crippen LogP contribution in [0.2, 0.25) is 0 Å². The third-order valence-electron chi connectivity index (χ3n) is 9.92. The van der Waals surface area contributed by atoms with Gasteiger partial charge < -0.3 is 24.8 Å². The summed E-state index contributed by atoms with van der Waals surface area (Å²) in [6, 6.07) is 16.3. The van der Waals surface area contributed by atoms with Crippen molar-refractivity contribution < 1.29 is 36.3 Å². The van der Waals surface area contributed by atoms with Crippen molar-refractivity contribution in [3.05, 3.63) is 131 Å². The number of amides is 1. The van der Waals surface area contributed by atoms with Crippen LogP contribution in [-0.2, 0) is 33.5 Å². The second-order valence-electron chi connectivity index (χ2n) is 13.2. The van der Waals surface area contributed by atoms with Crippen molar-refractivity contribution in [2.45, 2.75) is 50.6 Å². The summed E-state index contributed by atoms with van der Waals surface area (Å²) in [6.07, 6.45) is 4.17. The smallest absolute Gasteiger partial charge is 0.383 e. The van der Waals surface area contributed by atoms with Crippen LogP contribution in [0.1, 0.15) is 36.0 Å². The molecule has 3 aliphatic heterocycles. The largest absolute Gasteiger partial charge is 0.416 e. The summed E-state index contributed by atoms with van der Waals surface area (Å²) in [5, 5.41) is 2.97. The van der Waals surface area contributed by atoms with Gasteiger partial charge in [0.1, 0.15) is 6.17 Å². The Kier molecular flexibility index (Phi) is 11.6. The monoisotopic (exact) mass is 720 g/mol. The fourth-order valence-electron chi connectivity index (χ4n) is 7.06. The second kappa shape index (κ2) is 16.2. The molecule has 0 bridgehead atoms. The molecule has 0 aliphatic carbocycles. The molecule has 3 heterocycles. The van der Waals surface area contributed by atoms with Gasteiger partial charge in [0.15, 0.2) is 17.4 Å². The van der Waals surface area contributed by atoms with Crippen LogP contribution in [0, 0.1) is 11.6 Å². The van der Waals surface area contributed by atoms with E-state index in [1.807, 2.05) is 17.2 Å². The molecule has 1 fully saturated rings. The first-order chi connectivity index (χ1) is 25.0. The summed E-state index contributed by atoms with van der Waals surface area (Å²) in [7, 11) is 1.68. The van der Waals surface area contributed by atoms with Crippen LogP contribution >= 0.6 is 0 Å². The molecule has 1 saturated heterocycles. The quantitative estimate of drug-likeness (QED) is 0.207. The highest BCUT2D eigenvalue weighted by molar-refractivity contribution is 6.06. The fraction of sp³-hybridized carbons (Fsp3) is 0.350. The summed E-state index contributed by atoms with van der Waals surface area (Å²) < 4.78 is 72.9. The van der Waals surface area contributed by atoms with E-state index in [4.69, 9.17) is 4.74 Å². The van der Waals surface area contributed by atoms with Crippen LogP contribution < -0.4 is 5.32 Å². The number of rotatable bonds is 12. The van der Waals surface area contributed by atoms with Crippen LogP contribution in [0.25, 0.3) is 11.1 Å². The van der Waals surface area contributed by atoms with Gasteiger partial charge >= 0.3 is 6.18 Å². The Morgan fingerprint density at radius 2 is 1.63 bits per heavy atom. The molecule has 7 nitrogen and oxygen atoms in total. The second-order valence-corrected chi connectivity index (χ2v) is 13.2. The number of nitrogens with zero attached hydrogens (tertiary/aromatic N) is 3.